The van der Waals surface area contributed by atoms with Gasteiger partial charge in [-0.1, -0.05) is 42.5 Å². The van der Waals surface area contributed by atoms with E-state index in [4.69, 9.17) is 4.74 Å². The number of hydrogen-bond acceptors (Lipinski definition) is 4. The van der Waals surface area contributed by atoms with Crippen LogP contribution in [-0.2, 0) is 11.4 Å². The normalized spacial score (nSPS) is 10.2. The van der Waals surface area contributed by atoms with Crippen molar-refractivity contribution in [3.05, 3.63) is 90.0 Å². The summed E-state index contributed by atoms with van der Waals surface area (Å²) in [4.78, 5) is 24.2. The Morgan fingerprint density at radius 2 is 1.63 bits per heavy atom. The molecule has 0 fully saturated rings. The molecule has 0 bridgehead atoms. The highest BCUT2D eigenvalue weighted by Crippen LogP contribution is 2.18. The summed E-state index contributed by atoms with van der Waals surface area (Å²) in [7, 11) is 0. The number of rotatable bonds is 9. The van der Waals surface area contributed by atoms with Gasteiger partial charge in [-0.2, -0.15) is 0 Å². The van der Waals surface area contributed by atoms with Gasteiger partial charge in [-0.15, -0.1) is 0 Å². The summed E-state index contributed by atoms with van der Waals surface area (Å²) < 4.78 is 5.81. The van der Waals surface area contributed by atoms with Crippen LogP contribution in [0.5, 0.6) is 5.75 Å². The van der Waals surface area contributed by atoms with E-state index in [-0.39, 0.29) is 18.4 Å². The minimum Gasteiger partial charge on any atom is -0.489 e. The molecule has 154 valence electrons. The number of benzene rings is 3. The van der Waals surface area contributed by atoms with Crippen molar-refractivity contribution < 1.29 is 14.3 Å². The van der Waals surface area contributed by atoms with Gasteiger partial charge in [0.15, 0.2) is 0 Å². The third kappa shape index (κ3) is 6.38. The van der Waals surface area contributed by atoms with Crippen molar-refractivity contribution in [1.82, 2.24) is 5.32 Å². The molecule has 3 aromatic carbocycles. The average Bonchev–Trinajstić information content (AvgIpc) is 2.78. The maximum absolute atomic E-state index is 12.3. The highest BCUT2D eigenvalue weighted by Gasteiger charge is 2.07. The molecule has 0 saturated carbocycles. The first-order valence-electron chi connectivity index (χ1n) is 9.83. The predicted octanol–water partition coefficient (Wildman–Crippen LogP) is 4.07. The highest BCUT2D eigenvalue weighted by atomic mass is 16.5. The molecule has 0 unspecified atom stereocenters. The minimum atomic E-state index is -0.210. The van der Waals surface area contributed by atoms with Crippen LogP contribution in [0.3, 0.4) is 0 Å². The van der Waals surface area contributed by atoms with Gasteiger partial charge in [0.25, 0.3) is 5.91 Å². The maximum atomic E-state index is 12.3. The van der Waals surface area contributed by atoms with Crippen molar-refractivity contribution >= 4 is 23.2 Å². The lowest BCUT2D eigenvalue weighted by molar-refractivity contribution is -0.114. The maximum Gasteiger partial charge on any atom is 0.251 e. The molecule has 0 aliphatic carbocycles. The standard InChI is InChI=1S/C24H25N3O3/c1-2-25-24(29)19-10-6-12-21(14-19)27-23(28)16-26-20-11-7-13-22(15-20)30-17-18-8-4-3-5-9-18/h3-15,26H,2,16-17H2,1H3,(H,25,29)(H,27,28). The van der Waals surface area contributed by atoms with Gasteiger partial charge < -0.3 is 20.7 Å². The quantitative estimate of drug-likeness (QED) is 0.503. The van der Waals surface area contributed by atoms with E-state index < -0.39 is 0 Å². The van der Waals surface area contributed by atoms with Crippen molar-refractivity contribution in [3.63, 3.8) is 0 Å². The summed E-state index contributed by atoms with van der Waals surface area (Å²) in [5.41, 5.74) is 2.95. The predicted molar refractivity (Wildman–Crippen MR) is 119 cm³/mol. The lowest BCUT2D eigenvalue weighted by atomic mass is 10.2. The van der Waals surface area contributed by atoms with Crippen molar-refractivity contribution in [2.24, 2.45) is 0 Å². The Hall–Kier alpha value is -3.80. The van der Waals surface area contributed by atoms with E-state index in [1.165, 1.54) is 0 Å². The van der Waals surface area contributed by atoms with Crippen LogP contribution in [0.4, 0.5) is 11.4 Å². The second kappa shape index (κ2) is 10.7. The van der Waals surface area contributed by atoms with Crippen LogP contribution in [0.1, 0.15) is 22.8 Å². The summed E-state index contributed by atoms with van der Waals surface area (Å²) in [6.07, 6.45) is 0. The minimum absolute atomic E-state index is 0.0908. The molecule has 0 aliphatic rings. The summed E-state index contributed by atoms with van der Waals surface area (Å²) in [6.45, 7) is 2.98. The van der Waals surface area contributed by atoms with Gasteiger partial charge >= 0.3 is 0 Å². The van der Waals surface area contributed by atoms with Crippen molar-refractivity contribution in [2.45, 2.75) is 13.5 Å². The molecule has 3 aromatic rings. The van der Waals surface area contributed by atoms with Gasteiger partial charge in [0.1, 0.15) is 12.4 Å². The number of nitrogens with one attached hydrogen (secondary N) is 3. The first kappa shape index (κ1) is 20.9. The van der Waals surface area contributed by atoms with E-state index in [0.29, 0.717) is 24.4 Å². The number of carbonyl (C=O) groups excluding carboxylic acids is 2. The lowest BCUT2D eigenvalue weighted by Gasteiger charge is -2.11. The molecule has 6 nitrogen and oxygen atoms in total. The monoisotopic (exact) mass is 403 g/mol. The zero-order chi connectivity index (χ0) is 21.2. The Bertz CT molecular complexity index is 990. The molecule has 0 radical (unpaired) electrons. The topological polar surface area (TPSA) is 79.5 Å². The molecule has 0 aliphatic heterocycles. The summed E-state index contributed by atoms with van der Waals surface area (Å²) in [5, 5.41) is 8.63. The highest BCUT2D eigenvalue weighted by molar-refractivity contribution is 5.98. The Morgan fingerprint density at radius 1 is 0.867 bits per heavy atom. The van der Waals surface area contributed by atoms with Crippen LogP contribution in [0, 0.1) is 0 Å². The van der Waals surface area contributed by atoms with Crippen LogP contribution in [0.15, 0.2) is 78.9 Å². The van der Waals surface area contributed by atoms with Crippen molar-refractivity contribution in [3.8, 4) is 5.75 Å². The molecule has 6 heteroatoms. The smallest absolute Gasteiger partial charge is 0.251 e. The second-order valence-electron chi connectivity index (χ2n) is 6.64. The van der Waals surface area contributed by atoms with E-state index in [9.17, 15) is 9.59 Å². The van der Waals surface area contributed by atoms with E-state index in [0.717, 1.165) is 17.0 Å². The largest absolute Gasteiger partial charge is 0.489 e. The molecule has 0 heterocycles. The number of hydrogen-bond donors (Lipinski definition) is 3. The number of carbonyl (C=O) groups is 2. The van der Waals surface area contributed by atoms with Crippen LogP contribution in [0.2, 0.25) is 0 Å². The molecule has 0 atom stereocenters. The molecule has 30 heavy (non-hydrogen) atoms. The molecule has 2 amide bonds. The lowest BCUT2D eigenvalue weighted by Crippen LogP contribution is -2.24. The van der Waals surface area contributed by atoms with Gasteiger partial charge in [-0.3, -0.25) is 9.59 Å². The SMILES string of the molecule is CCNC(=O)c1cccc(NC(=O)CNc2cccc(OCc3ccccc3)c2)c1. The first-order chi connectivity index (χ1) is 14.6. The van der Waals surface area contributed by atoms with E-state index in [1.807, 2.05) is 61.5 Å². The summed E-state index contributed by atoms with van der Waals surface area (Å²) >= 11 is 0. The van der Waals surface area contributed by atoms with Crippen molar-refractivity contribution in [2.75, 3.05) is 23.7 Å². The van der Waals surface area contributed by atoms with Gasteiger partial charge in [-0.25, -0.2) is 0 Å². The molecule has 3 N–H and O–H groups in total. The average molecular weight is 403 g/mol. The van der Waals surface area contributed by atoms with Gasteiger partial charge in [0.05, 0.1) is 6.54 Å². The molecule has 0 saturated heterocycles. The van der Waals surface area contributed by atoms with Crippen molar-refractivity contribution in [1.29, 1.82) is 0 Å². The molecular weight excluding hydrogens is 378 g/mol. The van der Waals surface area contributed by atoms with E-state index in [1.54, 1.807) is 24.3 Å². The Morgan fingerprint density at radius 3 is 2.43 bits per heavy atom. The number of ether oxygens (including phenoxy) is 1. The fourth-order valence-corrected chi connectivity index (χ4v) is 2.83. The zero-order valence-corrected chi connectivity index (χ0v) is 16.9. The molecular formula is C24H25N3O3. The second-order valence-corrected chi connectivity index (χ2v) is 6.64. The zero-order valence-electron chi connectivity index (χ0n) is 16.9. The Balaban J connectivity index is 1.51. The third-order valence-corrected chi connectivity index (χ3v) is 4.28. The number of anilines is 2. The molecule has 0 spiro atoms. The van der Waals surface area contributed by atoms with Crippen LogP contribution >= 0.6 is 0 Å². The summed E-state index contributed by atoms with van der Waals surface area (Å²) in [6, 6.07) is 24.3. The molecule has 0 aromatic heterocycles. The number of amides is 2. The fourth-order valence-electron chi connectivity index (χ4n) is 2.83. The van der Waals surface area contributed by atoms with Gasteiger partial charge in [0.2, 0.25) is 5.91 Å². The molecule has 3 rings (SSSR count). The van der Waals surface area contributed by atoms with E-state index >= 15 is 0 Å². The van der Waals surface area contributed by atoms with Crippen LogP contribution < -0.4 is 20.7 Å². The first-order valence-corrected chi connectivity index (χ1v) is 9.83. The van der Waals surface area contributed by atoms with Crippen LogP contribution in [-0.4, -0.2) is 24.9 Å². The van der Waals surface area contributed by atoms with E-state index in [2.05, 4.69) is 16.0 Å². The van der Waals surface area contributed by atoms with Gasteiger partial charge in [0, 0.05) is 29.5 Å². The Kier molecular flexibility index (Phi) is 7.44. The fraction of sp³-hybridized carbons (Fsp3) is 0.167. The van der Waals surface area contributed by atoms with Gasteiger partial charge in [-0.05, 0) is 42.8 Å². The third-order valence-electron chi connectivity index (χ3n) is 4.28. The van der Waals surface area contributed by atoms with Crippen LogP contribution in [0.25, 0.3) is 0 Å². The summed E-state index contributed by atoms with van der Waals surface area (Å²) in [5.74, 6) is 0.344. The Labute approximate surface area is 176 Å².